The van der Waals surface area contributed by atoms with Gasteiger partial charge in [0.05, 0.1) is 11.6 Å². The molecule has 4 nitrogen and oxygen atoms in total. The van der Waals surface area contributed by atoms with Crippen LogP contribution in [-0.4, -0.2) is 18.0 Å². The van der Waals surface area contributed by atoms with Crippen LogP contribution in [0.15, 0.2) is 47.2 Å². The second-order valence-electron chi connectivity index (χ2n) is 5.07. The van der Waals surface area contributed by atoms with E-state index in [1.165, 1.54) is 0 Å². The normalized spacial score (nSPS) is 19.9. The SMILES string of the molecule is COc1ccc(NC(=O)[C@@H]2C[C@H]2c2cccnc2)cc1Br. The number of rotatable bonds is 4. The van der Waals surface area contributed by atoms with Gasteiger partial charge in [-0.1, -0.05) is 6.07 Å². The van der Waals surface area contributed by atoms with Crippen LogP contribution in [0.3, 0.4) is 0 Å². The van der Waals surface area contributed by atoms with Crippen molar-refractivity contribution in [3.63, 3.8) is 0 Å². The van der Waals surface area contributed by atoms with Crippen LogP contribution in [0.1, 0.15) is 17.9 Å². The minimum atomic E-state index is 0.0371. The highest BCUT2D eigenvalue weighted by Gasteiger charge is 2.44. The molecule has 0 radical (unpaired) electrons. The molecule has 1 aromatic heterocycles. The van der Waals surface area contributed by atoms with Crippen molar-refractivity contribution in [2.45, 2.75) is 12.3 Å². The Morgan fingerprint density at radius 3 is 2.95 bits per heavy atom. The Morgan fingerprint density at radius 2 is 2.29 bits per heavy atom. The molecule has 108 valence electrons. The number of carbonyl (C=O) groups excluding carboxylic acids is 1. The predicted molar refractivity (Wildman–Crippen MR) is 84.4 cm³/mol. The van der Waals surface area contributed by atoms with Gasteiger partial charge in [0.1, 0.15) is 5.75 Å². The summed E-state index contributed by atoms with van der Waals surface area (Å²) >= 11 is 3.41. The van der Waals surface area contributed by atoms with Crippen molar-refractivity contribution in [2.24, 2.45) is 5.92 Å². The summed E-state index contributed by atoms with van der Waals surface area (Å²) in [5.41, 5.74) is 1.90. The summed E-state index contributed by atoms with van der Waals surface area (Å²) in [6.45, 7) is 0. The second kappa shape index (κ2) is 5.85. The molecule has 1 heterocycles. The maximum absolute atomic E-state index is 12.2. The molecule has 1 N–H and O–H groups in total. The lowest BCUT2D eigenvalue weighted by molar-refractivity contribution is -0.117. The maximum atomic E-state index is 12.2. The molecule has 2 atom stereocenters. The smallest absolute Gasteiger partial charge is 0.228 e. The Hall–Kier alpha value is -1.88. The summed E-state index contributed by atoms with van der Waals surface area (Å²) in [6.07, 6.45) is 4.46. The van der Waals surface area contributed by atoms with Gasteiger partial charge in [0.2, 0.25) is 5.91 Å². The summed E-state index contributed by atoms with van der Waals surface area (Å²) < 4.78 is 5.99. The van der Waals surface area contributed by atoms with Crippen LogP contribution in [0.4, 0.5) is 5.69 Å². The van der Waals surface area contributed by atoms with Crippen molar-refractivity contribution in [1.82, 2.24) is 4.98 Å². The number of nitrogens with zero attached hydrogens (tertiary/aromatic N) is 1. The molecule has 0 unspecified atom stereocenters. The van der Waals surface area contributed by atoms with Crippen molar-refractivity contribution in [1.29, 1.82) is 0 Å². The van der Waals surface area contributed by atoms with Gasteiger partial charge in [-0.15, -0.1) is 0 Å². The highest BCUT2D eigenvalue weighted by atomic mass is 79.9. The fourth-order valence-corrected chi connectivity index (χ4v) is 2.97. The standard InChI is InChI=1S/C16H15BrN2O2/c1-21-15-5-4-11(7-14(15)17)19-16(20)13-8-12(13)10-3-2-6-18-9-10/h2-7,9,12-13H,8H2,1H3,(H,19,20)/t12-,13+/m0/s1. The number of halogens is 1. The van der Waals surface area contributed by atoms with E-state index in [4.69, 9.17) is 4.74 Å². The minimum Gasteiger partial charge on any atom is -0.496 e. The molecular formula is C16H15BrN2O2. The topological polar surface area (TPSA) is 51.2 Å². The van der Waals surface area contributed by atoms with Crippen LogP contribution < -0.4 is 10.1 Å². The zero-order valence-electron chi connectivity index (χ0n) is 11.5. The molecule has 5 heteroatoms. The molecule has 1 aliphatic carbocycles. The van der Waals surface area contributed by atoms with E-state index in [0.717, 1.165) is 27.9 Å². The molecule has 1 aromatic carbocycles. The number of methoxy groups -OCH3 is 1. The summed E-state index contributed by atoms with van der Waals surface area (Å²) in [4.78, 5) is 16.3. The molecule has 21 heavy (non-hydrogen) atoms. The monoisotopic (exact) mass is 346 g/mol. The average molecular weight is 347 g/mol. The lowest BCUT2D eigenvalue weighted by atomic mass is 10.1. The maximum Gasteiger partial charge on any atom is 0.228 e. The van der Waals surface area contributed by atoms with Gasteiger partial charge in [-0.05, 0) is 58.1 Å². The fraction of sp³-hybridized carbons (Fsp3) is 0.250. The molecule has 1 amide bonds. The lowest BCUT2D eigenvalue weighted by Crippen LogP contribution is -2.14. The molecule has 1 saturated carbocycles. The molecule has 1 fully saturated rings. The number of pyridine rings is 1. The van der Waals surface area contributed by atoms with Crippen LogP contribution in [0, 0.1) is 5.92 Å². The van der Waals surface area contributed by atoms with E-state index in [2.05, 4.69) is 26.2 Å². The first kappa shape index (κ1) is 14.1. The molecule has 2 aromatic rings. The summed E-state index contributed by atoms with van der Waals surface area (Å²) in [6, 6.07) is 9.43. The first-order chi connectivity index (χ1) is 10.2. The Labute approximate surface area is 131 Å². The molecule has 3 rings (SSSR count). The number of anilines is 1. The molecule has 0 saturated heterocycles. The number of aromatic nitrogens is 1. The minimum absolute atomic E-state index is 0.0371. The number of carbonyl (C=O) groups is 1. The van der Waals surface area contributed by atoms with Crippen molar-refractivity contribution in [3.8, 4) is 5.75 Å². The first-order valence-corrected chi connectivity index (χ1v) is 7.52. The quantitative estimate of drug-likeness (QED) is 0.920. The van der Waals surface area contributed by atoms with E-state index in [9.17, 15) is 4.79 Å². The first-order valence-electron chi connectivity index (χ1n) is 6.73. The molecule has 0 aliphatic heterocycles. The van der Waals surface area contributed by atoms with Gasteiger partial charge in [0, 0.05) is 24.0 Å². The molecule has 0 bridgehead atoms. The fourth-order valence-electron chi connectivity index (χ4n) is 2.43. The van der Waals surface area contributed by atoms with Crippen LogP contribution >= 0.6 is 15.9 Å². The Balaban J connectivity index is 1.64. The molecular weight excluding hydrogens is 332 g/mol. The van der Waals surface area contributed by atoms with E-state index in [-0.39, 0.29) is 11.8 Å². The predicted octanol–water partition coefficient (Wildman–Crippen LogP) is 3.59. The van der Waals surface area contributed by atoms with Gasteiger partial charge in [-0.3, -0.25) is 9.78 Å². The number of hydrogen-bond acceptors (Lipinski definition) is 3. The van der Waals surface area contributed by atoms with E-state index in [0.29, 0.717) is 5.92 Å². The highest BCUT2D eigenvalue weighted by molar-refractivity contribution is 9.10. The zero-order chi connectivity index (χ0) is 14.8. The van der Waals surface area contributed by atoms with E-state index in [1.54, 1.807) is 13.3 Å². The van der Waals surface area contributed by atoms with Crippen LogP contribution in [0.25, 0.3) is 0 Å². The van der Waals surface area contributed by atoms with Crippen molar-refractivity contribution in [2.75, 3.05) is 12.4 Å². The third-order valence-electron chi connectivity index (χ3n) is 3.66. The number of amides is 1. The number of hydrogen-bond donors (Lipinski definition) is 1. The van der Waals surface area contributed by atoms with E-state index < -0.39 is 0 Å². The van der Waals surface area contributed by atoms with Crippen molar-refractivity contribution < 1.29 is 9.53 Å². The van der Waals surface area contributed by atoms with Crippen LogP contribution in [-0.2, 0) is 4.79 Å². The Morgan fingerprint density at radius 1 is 1.43 bits per heavy atom. The lowest BCUT2D eigenvalue weighted by Gasteiger charge is -2.08. The van der Waals surface area contributed by atoms with Gasteiger partial charge < -0.3 is 10.1 Å². The van der Waals surface area contributed by atoms with Gasteiger partial charge in [-0.2, -0.15) is 0 Å². The molecule has 0 spiro atoms. The average Bonchev–Trinajstić information content (AvgIpc) is 3.29. The third-order valence-corrected chi connectivity index (χ3v) is 4.28. The van der Waals surface area contributed by atoms with Gasteiger partial charge in [-0.25, -0.2) is 0 Å². The van der Waals surface area contributed by atoms with Gasteiger partial charge in [0.25, 0.3) is 0 Å². The van der Waals surface area contributed by atoms with E-state index in [1.807, 2.05) is 36.5 Å². The van der Waals surface area contributed by atoms with Crippen LogP contribution in [0.5, 0.6) is 5.75 Å². The summed E-state index contributed by atoms with van der Waals surface area (Å²) in [5, 5.41) is 2.95. The number of nitrogens with one attached hydrogen (secondary N) is 1. The Bertz CT molecular complexity index is 661. The summed E-state index contributed by atoms with van der Waals surface area (Å²) in [7, 11) is 1.61. The zero-order valence-corrected chi connectivity index (χ0v) is 13.1. The number of ether oxygens (including phenoxy) is 1. The third kappa shape index (κ3) is 3.08. The van der Waals surface area contributed by atoms with Gasteiger partial charge >= 0.3 is 0 Å². The van der Waals surface area contributed by atoms with Crippen molar-refractivity contribution in [3.05, 3.63) is 52.8 Å². The second-order valence-corrected chi connectivity index (χ2v) is 5.93. The summed E-state index contributed by atoms with van der Waals surface area (Å²) in [5.74, 6) is 1.13. The largest absolute Gasteiger partial charge is 0.496 e. The Kier molecular flexibility index (Phi) is 3.92. The highest BCUT2D eigenvalue weighted by Crippen LogP contribution is 2.47. The molecule has 1 aliphatic rings. The van der Waals surface area contributed by atoms with Gasteiger partial charge in [0.15, 0.2) is 0 Å². The van der Waals surface area contributed by atoms with Crippen LogP contribution in [0.2, 0.25) is 0 Å². The number of benzene rings is 1. The van der Waals surface area contributed by atoms with E-state index >= 15 is 0 Å². The van der Waals surface area contributed by atoms with Crippen molar-refractivity contribution >= 4 is 27.5 Å².